The van der Waals surface area contributed by atoms with Gasteiger partial charge in [-0.3, -0.25) is 4.79 Å². The number of nitrogens with two attached hydrogens (primary N) is 1. The van der Waals surface area contributed by atoms with Gasteiger partial charge in [0, 0.05) is 11.3 Å². The SMILES string of the molecule is Cc1cccc(OCCNC(=O)c2cc(N)ccc2C)c1. The summed E-state index contributed by atoms with van der Waals surface area (Å²) in [5.74, 6) is 0.678. The highest BCUT2D eigenvalue weighted by molar-refractivity contribution is 5.96. The van der Waals surface area contributed by atoms with E-state index in [2.05, 4.69) is 5.32 Å². The van der Waals surface area contributed by atoms with E-state index in [0.29, 0.717) is 24.4 Å². The van der Waals surface area contributed by atoms with Crippen LogP contribution in [0, 0.1) is 13.8 Å². The van der Waals surface area contributed by atoms with Gasteiger partial charge >= 0.3 is 0 Å². The monoisotopic (exact) mass is 284 g/mol. The zero-order valence-corrected chi connectivity index (χ0v) is 12.3. The molecule has 0 atom stereocenters. The van der Waals surface area contributed by atoms with Crippen molar-refractivity contribution in [1.29, 1.82) is 0 Å². The number of carbonyl (C=O) groups is 1. The molecule has 0 aliphatic heterocycles. The lowest BCUT2D eigenvalue weighted by Gasteiger charge is -2.10. The van der Waals surface area contributed by atoms with Crippen LogP contribution in [-0.2, 0) is 0 Å². The van der Waals surface area contributed by atoms with Crippen molar-refractivity contribution in [2.24, 2.45) is 0 Å². The molecule has 2 rings (SSSR count). The molecule has 4 nitrogen and oxygen atoms in total. The van der Waals surface area contributed by atoms with Crippen molar-refractivity contribution in [2.75, 3.05) is 18.9 Å². The summed E-state index contributed by atoms with van der Waals surface area (Å²) in [6, 6.07) is 13.1. The maximum absolute atomic E-state index is 12.1. The van der Waals surface area contributed by atoms with E-state index in [4.69, 9.17) is 10.5 Å². The quantitative estimate of drug-likeness (QED) is 0.655. The number of rotatable bonds is 5. The molecule has 0 radical (unpaired) electrons. The van der Waals surface area contributed by atoms with Crippen LogP contribution < -0.4 is 15.8 Å². The fraction of sp³-hybridized carbons (Fsp3) is 0.235. The topological polar surface area (TPSA) is 64.3 Å². The van der Waals surface area contributed by atoms with Crippen molar-refractivity contribution >= 4 is 11.6 Å². The van der Waals surface area contributed by atoms with Gasteiger partial charge in [0.05, 0.1) is 6.54 Å². The van der Waals surface area contributed by atoms with E-state index < -0.39 is 0 Å². The standard InChI is InChI=1S/C17H20N2O2/c1-12-4-3-5-15(10-12)21-9-8-19-17(20)16-11-14(18)7-6-13(16)2/h3-7,10-11H,8-9,18H2,1-2H3,(H,19,20). The summed E-state index contributed by atoms with van der Waals surface area (Å²) in [6.45, 7) is 4.77. The van der Waals surface area contributed by atoms with Crippen LogP contribution in [0.5, 0.6) is 5.75 Å². The van der Waals surface area contributed by atoms with Gasteiger partial charge in [0.2, 0.25) is 0 Å². The number of nitrogen functional groups attached to an aromatic ring is 1. The van der Waals surface area contributed by atoms with Crippen molar-refractivity contribution in [3.63, 3.8) is 0 Å². The van der Waals surface area contributed by atoms with E-state index >= 15 is 0 Å². The summed E-state index contributed by atoms with van der Waals surface area (Å²) in [7, 11) is 0. The molecule has 0 saturated heterocycles. The Morgan fingerprint density at radius 2 is 2.00 bits per heavy atom. The lowest BCUT2D eigenvalue weighted by Crippen LogP contribution is -2.28. The summed E-state index contributed by atoms with van der Waals surface area (Å²) < 4.78 is 5.59. The minimum absolute atomic E-state index is 0.132. The average Bonchev–Trinajstić information content (AvgIpc) is 2.46. The number of anilines is 1. The van der Waals surface area contributed by atoms with Crippen molar-refractivity contribution in [3.8, 4) is 5.75 Å². The summed E-state index contributed by atoms with van der Waals surface area (Å²) >= 11 is 0. The number of amides is 1. The summed E-state index contributed by atoms with van der Waals surface area (Å²) in [4.78, 5) is 12.1. The number of benzene rings is 2. The third-order valence-corrected chi connectivity index (χ3v) is 3.15. The molecule has 0 aliphatic carbocycles. The van der Waals surface area contributed by atoms with Crippen LogP contribution in [0.25, 0.3) is 0 Å². The second-order valence-corrected chi connectivity index (χ2v) is 5.00. The Bertz CT molecular complexity index is 638. The number of aryl methyl sites for hydroxylation is 2. The van der Waals surface area contributed by atoms with E-state index in [1.807, 2.05) is 44.2 Å². The van der Waals surface area contributed by atoms with E-state index in [1.165, 1.54) is 0 Å². The Labute approximate surface area is 124 Å². The largest absolute Gasteiger partial charge is 0.492 e. The Kier molecular flexibility index (Phi) is 4.82. The molecule has 21 heavy (non-hydrogen) atoms. The molecule has 3 N–H and O–H groups in total. The van der Waals surface area contributed by atoms with Gasteiger partial charge in [-0.05, 0) is 49.2 Å². The molecule has 0 unspecified atom stereocenters. The van der Waals surface area contributed by atoms with E-state index in [9.17, 15) is 4.79 Å². The minimum atomic E-state index is -0.132. The highest BCUT2D eigenvalue weighted by Crippen LogP contribution is 2.13. The third kappa shape index (κ3) is 4.24. The predicted molar refractivity (Wildman–Crippen MR) is 84.6 cm³/mol. The van der Waals surface area contributed by atoms with Crippen LogP contribution >= 0.6 is 0 Å². The lowest BCUT2D eigenvalue weighted by atomic mass is 10.1. The van der Waals surface area contributed by atoms with Crippen LogP contribution in [-0.4, -0.2) is 19.1 Å². The molecule has 2 aromatic carbocycles. The number of ether oxygens (including phenoxy) is 1. The predicted octanol–water partition coefficient (Wildman–Crippen LogP) is 2.69. The van der Waals surface area contributed by atoms with Crippen LogP contribution in [0.4, 0.5) is 5.69 Å². The Morgan fingerprint density at radius 3 is 2.76 bits per heavy atom. The molecule has 0 aliphatic rings. The molecule has 1 amide bonds. The maximum Gasteiger partial charge on any atom is 0.251 e. The first-order valence-corrected chi connectivity index (χ1v) is 6.90. The first-order chi connectivity index (χ1) is 10.1. The minimum Gasteiger partial charge on any atom is -0.492 e. The highest BCUT2D eigenvalue weighted by Gasteiger charge is 2.08. The second kappa shape index (κ2) is 6.79. The van der Waals surface area contributed by atoms with Crippen molar-refractivity contribution in [3.05, 3.63) is 59.2 Å². The normalized spacial score (nSPS) is 10.2. The first kappa shape index (κ1) is 14.9. The molecule has 0 fully saturated rings. The first-order valence-electron chi connectivity index (χ1n) is 6.90. The average molecular weight is 284 g/mol. The van der Waals surface area contributed by atoms with Gasteiger partial charge in [-0.15, -0.1) is 0 Å². The van der Waals surface area contributed by atoms with Crippen LogP contribution in [0.1, 0.15) is 21.5 Å². The van der Waals surface area contributed by atoms with Gasteiger partial charge < -0.3 is 15.8 Å². The van der Waals surface area contributed by atoms with E-state index in [1.54, 1.807) is 12.1 Å². The lowest BCUT2D eigenvalue weighted by molar-refractivity contribution is 0.0946. The maximum atomic E-state index is 12.1. The number of hydrogen-bond acceptors (Lipinski definition) is 3. The second-order valence-electron chi connectivity index (χ2n) is 5.00. The van der Waals surface area contributed by atoms with Gasteiger partial charge in [-0.2, -0.15) is 0 Å². The van der Waals surface area contributed by atoms with E-state index in [0.717, 1.165) is 16.9 Å². The molecule has 4 heteroatoms. The fourth-order valence-corrected chi connectivity index (χ4v) is 2.02. The molecular weight excluding hydrogens is 264 g/mol. The van der Waals surface area contributed by atoms with Crippen LogP contribution in [0.15, 0.2) is 42.5 Å². The Balaban J connectivity index is 1.83. The molecule has 0 spiro atoms. The van der Waals surface area contributed by atoms with Crippen molar-refractivity contribution in [1.82, 2.24) is 5.32 Å². The zero-order chi connectivity index (χ0) is 15.2. The third-order valence-electron chi connectivity index (χ3n) is 3.15. The molecule has 2 aromatic rings. The summed E-state index contributed by atoms with van der Waals surface area (Å²) in [5, 5.41) is 2.83. The van der Waals surface area contributed by atoms with Gasteiger partial charge in [-0.25, -0.2) is 0 Å². The van der Waals surface area contributed by atoms with Gasteiger partial charge in [0.1, 0.15) is 12.4 Å². The van der Waals surface area contributed by atoms with Crippen LogP contribution in [0.3, 0.4) is 0 Å². The molecule has 0 bridgehead atoms. The summed E-state index contributed by atoms with van der Waals surface area (Å²) in [5.41, 5.74) is 8.94. The smallest absolute Gasteiger partial charge is 0.251 e. The highest BCUT2D eigenvalue weighted by atomic mass is 16.5. The van der Waals surface area contributed by atoms with Gasteiger partial charge in [0.15, 0.2) is 0 Å². The van der Waals surface area contributed by atoms with Crippen molar-refractivity contribution < 1.29 is 9.53 Å². The van der Waals surface area contributed by atoms with Crippen LogP contribution in [0.2, 0.25) is 0 Å². The van der Waals surface area contributed by atoms with Gasteiger partial charge in [0.25, 0.3) is 5.91 Å². The molecular formula is C17H20N2O2. The summed E-state index contributed by atoms with van der Waals surface area (Å²) in [6.07, 6.45) is 0. The number of carbonyl (C=O) groups excluding carboxylic acids is 1. The molecule has 0 heterocycles. The molecule has 110 valence electrons. The Hall–Kier alpha value is -2.49. The van der Waals surface area contributed by atoms with Crippen molar-refractivity contribution in [2.45, 2.75) is 13.8 Å². The molecule has 0 aromatic heterocycles. The number of nitrogens with one attached hydrogen (secondary N) is 1. The fourth-order valence-electron chi connectivity index (χ4n) is 2.02. The Morgan fingerprint density at radius 1 is 1.19 bits per heavy atom. The molecule has 0 saturated carbocycles. The van der Waals surface area contributed by atoms with Gasteiger partial charge in [-0.1, -0.05) is 18.2 Å². The number of hydrogen-bond donors (Lipinski definition) is 2. The zero-order valence-electron chi connectivity index (χ0n) is 12.3. The van der Waals surface area contributed by atoms with E-state index in [-0.39, 0.29) is 5.91 Å².